The van der Waals surface area contributed by atoms with Crippen molar-refractivity contribution in [3.8, 4) is 0 Å². The number of hydrogen-bond donors (Lipinski definition) is 0. The van der Waals surface area contributed by atoms with E-state index in [9.17, 15) is 4.79 Å². The number of fused-ring (bicyclic) bond motifs is 1. The molecule has 0 aliphatic carbocycles. The standard InChI is InChI=1S/C20H21N3O/c1-14(2)23(13-17-7-5-4-6-15(17)3)20(24)16-8-9-18-19(12-16)22-11-10-21-18/h4-12,14H,13H2,1-3H3. The third kappa shape index (κ3) is 3.27. The molecule has 2 aromatic carbocycles. The zero-order valence-corrected chi connectivity index (χ0v) is 14.2. The van der Waals surface area contributed by atoms with E-state index < -0.39 is 0 Å². The highest BCUT2D eigenvalue weighted by Crippen LogP contribution is 2.18. The van der Waals surface area contributed by atoms with Gasteiger partial charge in [0, 0.05) is 30.5 Å². The molecule has 1 amide bonds. The summed E-state index contributed by atoms with van der Waals surface area (Å²) in [6, 6.07) is 13.8. The summed E-state index contributed by atoms with van der Waals surface area (Å²) >= 11 is 0. The van der Waals surface area contributed by atoms with E-state index in [1.165, 1.54) is 11.1 Å². The first-order valence-corrected chi connectivity index (χ1v) is 8.12. The fraction of sp³-hybridized carbons (Fsp3) is 0.250. The number of hydrogen-bond acceptors (Lipinski definition) is 3. The highest BCUT2D eigenvalue weighted by Gasteiger charge is 2.20. The van der Waals surface area contributed by atoms with Crippen LogP contribution in [0.4, 0.5) is 0 Å². The Bertz CT molecular complexity index is 873. The molecule has 1 heterocycles. The van der Waals surface area contributed by atoms with E-state index in [1.807, 2.05) is 49.1 Å². The lowest BCUT2D eigenvalue weighted by atomic mass is 10.1. The van der Waals surface area contributed by atoms with Crippen LogP contribution in [0.15, 0.2) is 54.9 Å². The molecule has 0 aliphatic heterocycles. The molecule has 3 rings (SSSR count). The van der Waals surface area contributed by atoms with Gasteiger partial charge in [-0.15, -0.1) is 0 Å². The van der Waals surface area contributed by atoms with Crippen molar-refractivity contribution in [2.75, 3.05) is 0 Å². The molecule has 1 aromatic heterocycles. The van der Waals surface area contributed by atoms with Gasteiger partial charge in [-0.2, -0.15) is 0 Å². The van der Waals surface area contributed by atoms with Crippen molar-refractivity contribution in [1.82, 2.24) is 14.9 Å². The maximum Gasteiger partial charge on any atom is 0.254 e. The zero-order valence-electron chi connectivity index (χ0n) is 14.2. The van der Waals surface area contributed by atoms with Crippen LogP contribution in [0, 0.1) is 6.92 Å². The monoisotopic (exact) mass is 319 g/mol. The normalized spacial score (nSPS) is 11.0. The second-order valence-electron chi connectivity index (χ2n) is 6.21. The van der Waals surface area contributed by atoms with E-state index in [2.05, 4.69) is 29.0 Å². The predicted octanol–water partition coefficient (Wildman–Crippen LogP) is 3.99. The average molecular weight is 319 g/mol. The molecular weight excluding hydrogens is 298 g/mol. The van der Waals surface area contributed by atoms with Crippen molar-refractivity contribution >= 4 is 16.9 Å². The Hall–Kier alpha value is -2.75. The van der Waals surface area contributed by atoms with Crippen LogP contribution in [0.3, 0.4) is 0 Å². The topological polar surface area (TPSA) is 46.1 Å². The van der Waals surface area contributed by atoms with Crippen LogP contribution in [0.2, 0.25) is 0 Å². The summed E-state index contributed by atoms with van der Waals surface area (Å²) in [6.45, 7) is 6.75. The van der Waals surface area contributed by atoms with E-state index in [0.29, 0.717) is 12.1 Å². The molecule has 24 heavy (non-hydrogen) atoms. The van der Waals surface area contributed by atoms with Crippen LogP contribution in [0.25, 0.3) is 11.0 Å². The molecule has 0 saturated carbocycles. The predicted molar refractivity (Wildman–Crippen MR) is 95.7 cm³/mol. The molecule has 0 spiro atoms. The molecule has 3 aromatic rings. The summed E-state index contributed by atoms with van der Waals surface area (Å²) in [6.07, 6.45) is 3.30. The van der Waals surface area contributed by atoms with Gasteiger partial charge in [0.1, 0.15) is 0 Å². The van der Waals surface area contributed by atoms with Crippen LogP contribution in [-0.4, -0.2) is 26.8 Å². The third-order valence-electron chi connectivity index (χ3n) is 4.20. The van der Waals surface area contributed by atoms with Gasteiger partial charge < -0.3 is 4.90 Å². The minimum Gasteiger partial charge on any atom is -0.332 e. The Morgan fingerprint density at radius 2 is 1.75 bits per heavy atom. The maximum atomic E-state index is 13.0. The third-order valence-corrected chi connectivity index (χ3v) is 4.20. The molecule has 122 valence electrons. The number of amides is 1. The Morgan fingerprint density at radius 1 is 1.04 bits per heavy atom. The van der Waals surface area contributed by atoms with E-state index in [-0.39, 0.29) is 11.9 Å². The Morgan fingerprint density at radius 3 is 2.46 bits per heavy atom. The van der Waals surface area contributed by atoms with Crippen LogP contribution in [0.1, 0.15) is 35.3 Å². The summed E-state index contributed by atoms with van der Waals surface area (Å²) in [5.41, 5.74) is 4.54. The van der Waals surface area contributed by atoms with Gasteiger partial charge in [0.2, 0.25) is 0 Å². The number of benzene rings is 2. The molecule has 0 radical (unpaired) electrons. The van der Waals surface area contributed by atoms with Gasteiger partial charge in [-0.3, -0.25) is 14.8 Å². The van der Waals surface area contributed by atoms with Gasteiger partial charge >= 0.3 is 0 Å². The highest BCUT2D eigenvalue weighted by atomic mass is 16.2. The first-order chi connectivity index (χ1) is 11.6. The minimum absolute atomic E-state index is 0.0146. The molecule has 0 bridgehead atoms. The number of carbonyl (C=O) groups is 1. The molecular formula is C20H21N3O. The number of nitrogens with zero attached hydrogens (tertiary/aromatic N) is 3. The van der Waals surface area contributed by atoms with Gasteiger partial charge in [-0.25, -0.2) is 0 Å². The molecule has 4 heteroatoms. The molecule has 0 aliphatic rings. The molecule has 0 fully saturated rings. The number of rotatable bonds is 4. The van der Waals surface area contributed by atoms with Crippen LogP contribution < -0.4 is 0 Å². The van der Waals surface area contributed by atoms with Crippen molar-refractivity contribution in [2.45, 2.75) is 33.4 Å². The van der Waals surface area contributed by atoms with Crippen molar-refractivity contribution < 1.29 is 4.79 Å². The molecule has 0 unspecified atom stereocenters. The average Bonchev–Trinajstić information content (AvgIpc) is 2.59. The Balaban J connectivity index is 1.92. The van der Waals surface area contributed by atoms with Gasteiger partial charge in [-0.1, -0.05) is 24.3 Å². The minimum atomic E-state index is 0.0146. The number of aryl methyl sites for hydroxylation is 1. The first-order valence-electron chi connectivity index (χ1n) is 8.12. The van der Waals surface area contributed by atoms with Crippen molar-refractivity contribution in [2.24, 2.45) is 0 Å². The molecule has 0 saturated heterocycles. The Labute approximate surface area is 142 Å². The number of carbonyl (C=O) groups excluding carboxylic acids is 1. The second-order valence-corrected chi connectivity index (χ2v) is 6.21. The summed E-state index contributed by atoms with van der Waals surface area (Å²) in [5.74, 6) is 0.0146. The van der Waals surface area contributed by atoms with Crippen LogP contribution >= 0.6 is 0 Å². The van der Waals surface area contributed by atoms with Gasteiger partial charge in [-0.05, 0) is 50.1 Å². The quantitative estimate of drug-likeness (QED) is 0.730. The smallest absolute Gasteiger partial charge is 0.254 e. The van der Waals surface area contributed by atoms with Crippen LogP contribution in [0.5, 0.6) is 0 Å². The zero-order chi connectivity index (χ0) is 17.1. The second kappa shape index (κ2) is 6.79. The van der Waals surface area contributed by atoms with Gasteiger partial charge in [0.15, 0.2) is 0 Å². The van der Waals surface area contributed by atoms with Crippen molar-refractivity contribution in [3.05, 3.63) is 71.5 Å². The highest BCUT2D eigenvalue weighted by molar-refractivity contribution is 5.97. The SMILES string of the molecule is Cc1ccccc1CN(C(=O)c1ccc2nccnc2c1)C(C)C. The number of aromatic nitrogens is 2. The summed E-state index contributed by atoms with van der Waals surface area (Å²) in [4.78, 5) is 23.5. The summed E-state index contributed by atoms with van der Waals surface area (Å²) in [5, 5.41) is 0. The lowest BCUT2D eigenvalue weighted by Gasteiger charge is -2.27. The molecule has 0 N–H and O–H groups in total. The van der Waals surface area contributed by atoms with E-state index >= 15 is 0 Å². The van der Waals surface area contributed by atoms with E-state index in [1.54, 1.807) is 12.4 Å². The van der Waals surface area contributed by atoms with Crippen LogP contribution in [-0.2, 0) is 6.54 Å². The van der Waals surface area contributed by atoms with Crippen molar-refractivity contribution in [3.63, 3.8) is 0 Å². The maximum absolute atomic E-state index is 13.0. The lowest BCUT2D eigenvalue weighted by Crippen LogP contribution is -2.36. The fourth-order valence-electron chi connectivity index (χ4n) is 2.72. The van der Waals surface area contributed by atoms with E-state index in [4.69, 9.17) is 0 Å². The molecule has 0 atom stereocenters. The largest absolute Gasteiger partial charge is 0.332 e. The summed E-state index contributed by atoms with van der Waals surface area (Å²) < 4.78 is 0. The van der Waals surface area contributed by atoms with Gasteiger partial charge in [0.25, 0.3) is 5.91 Å². The lowest BCUT2D eigenvalue weighted by molar-refractivity contribution is 0.0690. The molecule has 4 nitrogen and oxygen atoms in total. The Kier molecular flexibility index (Phi) is 4.56. The van der Waals surface area contributed by atoms with Gasteiger partial charge in [0.05, 0.1) is 11.0 Å². The summed E-state index contributed by atoms with van der Waals surface area (Å²) in [7, 11) is 0. The van der Waals surface area contributed by atoms with Crippen molar-refractivity contribution in [1.29, 1.82) is 0 Å². The fourth-order valence-corrected chi connectivity index (χ4v) is 2.72. The first kappa shape index (κ1) is 16.1. The van der Waals surface area contributed by atoms with E-state index in [0.717, 1.165) is 11.0 Å².